The smallest absolute Gasteiger partial charge is 0.325 e. The van der Waals surface area contributed by atoms with Gasteiger partial charge in [0, 0.05) is 6.54 Å². The SMILES string of the molecule is CC(C)CCCCNC(=O)c1cn(CC(=O)O)nn1. The highest BCUT2D eigenvalue weighted by atomic mass is 16.4. The second-order valence-electron chi connectivity index (χ2n) is 4.84. The van der Waals surface area contributed by atoms with E-state index in [4.69, 9.17) is 5.11 Å². The first-order chi connectivity index (χ1) is 8.99. The maximum atomic E-state index is 11.7. The molecule has 0 fully saturated rings. The van der Waals surface area contributed by atoms with Crippen LogP contribution in [0.4, 0.5) is 0 Å². The Labute approximate surface area is 112 Å². The summed E-state index contributed by atoms with van der Waals surface area (Å²) in [7, 11) is 0. The summed E-state index contributed by atoms with van der Waals surface area (Å²) in [5.41, 5.74) is 0.144. The van der Waals surface area contributed by atoms with Gasteiger partial charge in [-0.25, -0.2) is 4.68 Å². The van der Waals surface area contributed by atoms with Crippen LogP contribution in [0, 0.1) is 5.92 Å². The van der Waals surface area contributed by atoms with Crippen LogP contribution in [0.2, 0.25) is 0 Å². The van der Waals surface area contributed by atoms with Gasteiger partial charge >= 0.3 is 5.97 Å². The third-order valence-electron chi connectivity index (χ3n) is 2.56. The lowest BCUT2D eigenvalue weighted by molar-refractivity contribution is -0.137. The summed E-state index contributed by atoms with van der Waals surface area (Å²) in [5, 5.41) is 18.5. The van der Waals surface area contributed by atoms with E-state index in [2.05, 4.69) is 29.5 Å². The number of carboxylic acid groups (broad SMARTS) is 1. The zero-order chi connectivity index (χ0) is 14.3. The van der Waals surface area contributed by atoms with Crippen molar-refractivity contribution >= 4 is 11.9 Å². The number of unbranched alkanes of at least 4 members (excludes halogenated alkanes) is 1. The molecule has 0 aliphatic carbocycles. The number of hydrogen-bond acceptors (Lipinski definition) is 4. The average Bonchev–Trinajstić information content (AvgIpc) is 2.75. The molecule has 1 aromatic heterocycles. The van der Waals surface area contributed by atoms with E-state index in [1.807, 2.05) is 0 Å². The van der Waals surface area contributed by atoms with Crippen molar-refractivity contribution in [1.29, 1.82) is 0 Å². The molecule has 1 aromatic rings. The molecule has 0 bridgehead atoms. The summed E-state index contributed by atoms with van der Waals surface area (Å²) in [5.74, 6) is -0.668. The van der Waals surface area contributed by atoms with E-state index in [1.54, 1.807) is 0 Å². The Bertz CT molecular complexity index is 428. The number of nitrogens with zero attached hydrogens (tertiary/aromatic N) is 3. The van der Waals surface area contributed by atoms with E-state index in [0.717, 1.165) is 23.9 Å². The van der Waals surface area contributed by atoms with E-state index >= 15 is 0 Å². The third kappa shape index (κ3) is 5.98. The Morgan fingerprint density at radius 2 is 2.16 bits per heavy atom. The molecule has 2 N–H and O–H groups in total. The molecule has 0 aromatic carbocycles. The van der Waals surface area contributed by atoms with Crippen molar-refractivity contribution in [1.82, 2.24) is 20.3 Å². The first-order valence-electron chi connectivity index (χ1n) is 6.39. The molecule has 7 heteroatoms. The van der Waals surface area contributed by atoms with Gasteiger partial charge in [-0.1, -0.05) is 31.9 Å². The van der Waals surface area contributed by atoms with Gasteiger partial charge in [0.2, 0.25) is 0 Å². The van der Waals surface area contributed by atoms with E-state index < -0.39 is 5.97 Å². The predicted molar refractivity (Wildman–Crippen MR) is 68.7 cm³/mol. The maximum absolute atomic E-state index is 11.7. The lowest BCUT2D eigenvalue weighted by atomic mass is 10.1. The zero-order valence-corrected chi connectivity index (χ0v) is 11.3. The van der Waals surface area contributed by atoms with Crippen LogP contribution in [0.15, 0.2) is 6.20 Å². The van der Waals surface area contributed by atoms with E-state index in [0.29, 0.717) is 12.5 Å². The summed E-state index contributed by atoms with van der Waals surface area (Å²) < 4.78 is 1.12. The van der Waals surface area contributed by atoms with Gasteiger partial charge < -0.3 is 10.4 Å². The maximum Gasteiger partial charge on any atom is 0.325 e. The summed E-state index contributed by atoms with van der Waals surface area (Å²) in [6.07, 6.45) is 4.47. The van der Waals surface area contributed by atoms with Crippen molar-refractivity contribution in [3.05, 3.63) is 11.9 Å². The Kier molecular flexibility index (Phi) is 5.98. The number of carbonyl (C=O) groups excluding carboxylic acids is 1. The van der Waals surface area contributed by atoms with E-state index in [9.17, 15) is 9.59 Å². The van der Waals surface area contributed by atoms with Crippen LogP contribution < -0.4 is 5.32 Å². The number of aromatic nitrogens is 3. The van der Waals surface area contributed by atoms with Crippen LogP contribution in [0.5, 0.6) is 0 Å². The first kappa shape index (κ1) is 15.1. The normalized spacial score (nSPS) is 10.7. The predicted octanol–water partition coefficient (Wildman–Crippen LogP) is 0.919. The number of nitrogens with one attached hydrogen (secondary N) is 1. The molecule has 19 heavy (non-hydrogen) atoms. The lowest BCUT2D eigenvalue weighted by Crippen LogP contribution is -2.24. The highest BCUT2D eigenvalue weighted by Gasteiger charge is 2.11. The van der Waals surface area contributed by atoms with Crippen LogP contribution in [0.3, 0.4) is 0 Å². The third-order valence-corrected chi connectivity index (χ3v) is 2.56. The molecule has 1 amide bonds. The van der Waals surface area contributed by atoms with Crippen molar-refractivity contribution in [2.45, 2.75) is 39.7 Å². The van der Waals surface area contributed by atoms with Crippen molar-refractivity contribution in [2.24, 2.45) is 5.92 Å². The minimum Gasteiger partial charge on any atom is -0.480 e. The highest BCUT2D eigenvalue weighted by Crippen LogP contribution is 2.05. The molecule has 1 rings (SSSR count). The van der Waals surface area contributed by atoms with Gasteiger partial charge in [0.25, 0.3) is 5.91 Å². The molecule has 7 nitrogen and oxygen atoms in total. The Morgan fingerprint density at radius 3 is 2.79 bits per heavy atom. The topological polar surface area (TPSA) is 97.1 Å². The quantitative estimate of drug-likeness (QED) is 0.683. The standard InChI is InChI=1S/C12H20N4O3/c1-9(2)5-3-4-6-13-12(19)10-7-16(15-14-10)8-11(17)18/h7,9H,3-6,8H2,1-2H3,(H,13,19)(H,17,18). The molecule has 0 aliphatic heterocycles. The van der Waals surface area contributed by atoms with Gasteiger partial charge in [-0.2, -0.15) is 0 Å². The summed E-state index contributed by atoms with van der Waals surface area (Å²) in [6.45, 7) is 4.63. The molecule has 106 valence electrons. The van der Waals surface area contributed by atoms with Crippen LogP contribution in [0.1, 0.15) is 43.6 Å². The number of rotatable bonds is 8. The van der Waals surface area contributed by atoms with E-state index in [-0.39, 0.29) is 18.1 Å². The number of carbonyl (C=O) groups is 2. The molecule has 1 heterocycles. The second kappa shape index (κ2) is 7.50. The number of amides is 1. The molecule has 0 saturated carbocycles. The van der Waals surface area contributed by atoms with Gasteiger partial charge in [-0.15, -0.1) is 5.10 Å². The minimum atomic E-state index is -1.02. The summed E-state index contributed by atoms with van der Waals surface area (Å²) in [4.78, 5) is 22.1. The molecule has 0 atom stereocenters. The van der Waals surface area contributed by atoms with Crippen molar-refractivity contribution in [3.8, 4) is 0 Å². The van der Waals surface area contributed by atoms with Crippen LogP contribution in [-0.4, -0.2) is 38.5 Å². The molecule has 0 unspecified atom stereocenters. The van der Waals surface area contributed by atoms with E-state index in [1.165, 1.54) is 6.20 Å². The van der Waals surface area contributed by atoms with Gasteiger partial charge in [0.1, 0.15) is 6.54 Å². The molecule has 0 aliphatic rings. The van der Waals surface area contributed by atoms with Gasteiger partial charge in [-0.3, -0.25) is 9.59 Å². The molecule has 0 spiro atoms. The van der Waals surface area contributed by atoms with Crippen LogP contribution in [-0.2, 0) is 11.3 Å². The van der Waals surface area contributed by atoms with Crippen LogP contribution in [0.25, 0.3) is 0 Å². The Hall–Kier alpha value is -1.92. The fraction of sp³-hybridized carbons (Fsp3) is 0.667. The molecule has 0 radical (unpaired) electrons. The first-order valence-corrected chi connectivity index (χ1v) is 6.39. The summed E-state index contributed by atoms with van der Waals surface area (Å²) >= 11 is 0. The zero-order valence-electron chi connectivity index (χ0n) is 11.3. The largest absolute Gasteiger partial charge is 0.480 e. The Balaban J connectivity index is 2.29. The van der Waals surface area contributed by atoms with Crippen molar-refractivity contribution in [3.63, 3.8) is 0 Å². The fourth-order valence-electron chi connectivity index (χ4n) is 1.59. The van der Waals surface area contributed by atoms with Crippen molar-refractivity contribution in [2.75, 3.05) is 6.54 Å². The second-order valence-corrected chi connectivity index (χ2v) is 4.84. The van der Waals surface area contributed by atoms with Gasteiger partial charge in [-0.05, 0) is 12.3 Å². The average molecular weight is 268 g/mol. The fourth-order valence-corrected chi connectivity index (χ4v) is 1.59. The van der Waals surface area contributed by atoms with Gasteiger partial charge in [0.05, 0.1) is 6.20 Å². The summed E-state index contributed by atoms with van der Waals surface area (Å²) in [6, 6.07) is 0. The molecular weight excluding hydrogens is 248 g/mol. The van der Waals surface area contributed by atoms with Gasteiger partial charge in [0.15, 0.2) is 5.69 Å². The number of aliphatic carboxylic acids is 1. The Morgan fingerprint density at radius 1 is 1.42 bits per heavy atom. The highest BCUT2D eigenvalue weighted by molar-refractivity contribution is 5.91. The number of carboxylic acids is 1. The molecular formula is C12H20N4O3. The van der Waals surface area contributed by atoms with Crippen molar-refractivity contribution < 1.29 is 14.7 Å². The van der Waals surface area contributed by atoms with Crippen LogP contribution >= 0.6 is 0 Å². The monoisotopic (exact) mass is 268 g/mol. The molecule has 0 saturated heterocycles. The number of hydrogen-bond donors (Lipinski definition) is 2. The minimum absolute atomic E-state index is 0.144. The lowest BCUT2D eigenvalue weighted by Gasteiger charge is -2.05.